The third-order valence-electron chi connectivity index (χ3n) is 4.40. The Kier molecular flexibility index (Phi) is 6.82. The van der Waals surface area contributed by atoms with Crippen LogP contribution >= 0.6 is 11.8 Å². The second-order valence-electron chi connectivity index (χ2n) is 6.70. The van der Waals surface area contributed by atoms with E-state index in [-0.39, 0.29) is 11.7 Å². The van der Waals surface area contributed by atoms with E-state index in [2.05, 4.69) is 42.4 Å². The Morgan fingerprint density at radius 1 is 1.31 bits per heavy atom. The molecule has 29 heavy (non-hydrogen) atoms. The van der Waals surface area contributed by atoms with Crippen LogP contribution in [-0.2, 0) is 4.79 Å². The van der Waals surface area contributed by atoms with Gasteiger partial charge in [-0.1, -0.05) is 17.8 Å². The molecule has 8 nitrogen and oxygen atoms in total. The second-order valence-corrected chi connectivity index (χ2v) is 7.64. The minimum absolute atomic E-state index is 0.0971. The number of hydrogen-bond acceptors (Lipinski definition) is 7. The summed E-state index contributed by atoms with van der Waals surface area (Å²) < 4.78 is 12.4. The summed E-state index contributed by atoms with van der Waals surface area (Å²) in [5, 5.41) is 11.3. The largest absolute Gasteiger partial charge is 0.493 e. The highest BCUT2D eigenvalue weighted by atomic mass is 32.2. The van der Waals surface area contributed by atoms with E-state index in [9.17, 15) is 4.79 Å². The third kappa shape index (κ3) is 5.32. The van der Waals surface area contributed by atoms with Crippen molar-refractivity contribution < 1.29 is 13.9 Å². The first-order valence-corrected chi connectivity index (χ1v) is 10.3. The summed E-state index contributed by atoms with van der Waals surface area (Å²) in [6.45, 7) is 7.26. The van der Waals surface area contributed by atoms with Gasteiger partial charge in [0, 0.05) is 6.54 Å². The van der Waals surface area contributed by atoms with Crippen LogP contribution in [0.25, 0.3) is 11.6 Å². The molecule has 0 fully saturated rings. The van der Waals surface area contributed by atoms with Crippen LogP contribution in [0.2, 0.25) is 0 Å². The van der Waals surface area contributed by atoms with Gasteiger partial charge in [-0.05, 0) is 62.1 Å². The molecule has 0 saturated heterocycles. The minimum atomic E-state index is -0.0971. The van der Waals surface area contributed by atoms with Crippen molar-refractivity contribution in [1.29, 1.82) is 0 Å². The van der Waals surface area contributed by atoms with Gasteiger partial charge < -0.3 is 20.3 Å². The zero-order valence-electron chi connectivity index (χ0n) is 16.8. The first kappa shape index (κ1) is 20.8. The van der Waals surface area contributed by atoms with Crippen LogP contribution in [0.5, 0.6) is 5.75 Å². The molecule has 0 aliphatic carbocycles. The molecule has 0 aliphatic heterocycles. The van der Waals surface area contributed by atoms with Crippen LogP contribution in [-0.4, -0.2) is 39.7 Å². The maximum atomic E-state index is 12.1. The van der Waals surface area contributed by atoms with Gasteiger partial charge in [-0.15, -0.1) is 10.2 Å². The zero-order valence-corrected chi connectivity index (χ0v) is 17.6. The number of carbonyl (C=O) groups is 1. The lowest BCUT2D eigenvalue weighted by molar-refractivity contribution is -0.118. The Hall–Kier alpha value is -2.94. The number of furan rings is 1. The number of nitrogens with one attached hydrogen (secondary N) is 1. The van der Waals surface area contributed by atoms with Gasteiger partial charge in [0.15, 0.2) is 5.76 Å². The van der Waals surface area contributed by atoms with E-state index in [0.717, 1.165) is 17.7 Å². The highest BCUT2D eigenvalue weighted by molar-refractivity contribution is 7.99. The predicted molar refractivity (Wildman–Crippen MR) is 112 cm³/mol. The maximum Gasteiger partial charge on any atom is 0.230 e. The number of aryl methyl sites for hydroxylation is 2. The predicted octanol–water partition coefficient (Wildman–Crippen LogP) is 2.85. The van der Waals surface area contributed by atoms with Crippen molar-refractivity contribution in [2.45, 2.75) is 32.3 Å². The molecular formula is C20H25N5O3S. The SMILES string of the molecule is Cc1cc(C)c(C)c(OCCCNC(=O)CSc2nnc(-c3ccco3)n2N)c1. The number of benzene rings is 1. The Morgan fingerprint density at radius 3 is 2.90 bits per heavy atom. The van der Waals surface area contributed by atoms with Crippen LogP contribution in [0, 0.1) is 20.8 Å². The van der Waals surface area contributed by atoms with E-state index in [0.29, 0.717) is 29.9 Å². The van der Waals surface area contributed by atoms with E-state index in [4.69, 9.17) is 15.0 Å². The average molecular weight is 416 g/mol. The van der Waals surface area contributed by atoms with Gasteiger partial charge in [-0.25, -0.2) is 4.68 Å². The molecule has 0 unspecified atom stereocenters. The summed E-state index contributed by atoms with van der Waals surface area (Å²) in [5.41, 5.74) is 3.54. The number of nitrogens with zero attached hydrogens (tertiary/aromatic N) is 3. The van der Waals surface area contributed by atoms with Crippen molar-refractivity contribution in [3.05, 3.63) is 47.2 Å². The molecule has 0 saturated carbocycles. The number of thioether (sulfide) groups is 1. The number of nitrogens with two attached hydrogens (primary N) is 1. The molecule has 1 amide bonds. The fraction of sp³-hybridized carbons (Fsp3) is 0.350. The Labute approximate surface area is 173 Å². The molecule has 0 spiro atoms. The molecular weight excluding hydrogens is 390 g/mol. The lowest BCUT2D eigenvalue weighted by Crippen LogP contribution is -2.27. The van der Waals surface area contributed by atoms with E-state index < -0.39 is 0 Å². The van der Waals surface area contributed by atoms with Crippen LogP contribution < -0.4 is 15.9 Å². The van der Waals surface area contributed by atoms with Crippen LogP contribution in [0.1, 0.15) is 23.1 Å². The number of nitrogen functional groups attached to an aromatic ring is 1. The Bertz CT molecular complexity index is 969. The summed E-state index contributed by atoms with van der Waals surface area (Å²) in [7, 11) is 0. The third-order valence-corrected chi connectivity index (χ3v) is 5.35. The van der Waals surface area contributed by atoms with Gasteiger partial charge in [0.1, 0.15) is 5.75 Å². The molecule has 2 heterocycles. The van der Waals surface area contributed by atoms with Crippen molar-refractivity contribution in [2.75, 3.05) is 24.7 Å². The monoisotopic (exact) mass is 415 g/mol. The molecule has 3 rings (SSSR count). The molecule has 3 N–H and O–H groups in total. The summed E-state index contributed by atoms with van der Waals surface area (Å²) in [4.78, 5) is 12.1. The van der Waals surface area contributed by atoms with E-state index >= 15 is 0 Å². The molecule has 2 aromatic heterocycles. The fourth-order valence-electron chi connectivity index (χ4n) is 2.76. The summed E-state index contributed by atoms with van der Waals surface area (Å²) in [6.07, 6.45) is 2.26. The van der Waals surface area contributed by atoms with Crippen molar-refractivity contribution >= 4 is 17.7 Å². The maximum absolute atomic E-state index is 12.1. The van der Waals surface area contributed by atoms with Gasteiger partial charge >= 0.3 is 0 Å². The fourth-order valence-corrected chi connectivity index (χ4v) is 3.45. The quantitative estimate of drug-likeness (QED) is 0.314. The highest BCUT2D eigenvalue weighted by Gasteiger charge is 2.15. The highest BCUT2D eigenvalue weighted by Crippen LogP contribution is 2.23. The van der Waals surface area contributed by atoms with Crippen LogP contribution in [0.3, 0.4) is 0 Å². The lowest BCUT2D eigenvalue weighted by atomic mass is 10.1. The normalized spacial score (nSPS) is 10.9. The molecule has 1 aromatic carbocycles. The first-order valence-electron chi connectivity index (χ1n) is 9.30. The molecule has 0 atom stereocenters. The number of ether oxygens (including phenoxy) is 1. The van der Waals surface area contributed by atoms with E-state index in [1.54, 1.807) is 12.1 Å². The number of aromatic nitrogens is 3. The summed E-state index contributed by atoms with van der Waals surface area (Å²) >= 11 is 1.22. The lowest BCUT2D eigenvalue weighted by Gasteiger charge is -2.12. The Balaban J connectivity index is 1.38. The standard InChI is InChI=1S/C20H25N5O3S/c1-13-10-14(2)15(3)17(11-13)28-9-5-7-22-18(26)12-29-20-24-23-19(25(20)21)16-6-4-8-27-16/h4,6,8,10-11H,5,7,9,12,21H2,1-3H3,(H,22,26). The molecule has 154 valence electrons. The summed E-state index contributed by atoms with van der Waals surface area (Å²) in [5.74, 6) is 7.91. The van der Waals surface area contributed by atoms with Crippen molar-refractivity contribution in [1.82, 2.24) is 20.2 Å². The molecule has 3 aromatic rings. The van der Waals surface area contributed by atoms with Crippen molar-refractivity contribution in [3.8, 4) is 17.3 Å². The van der Waals surface area contributed by atoms with Gasteiger partial charge in [0.25, 0.3) is 0 Å². The van der Waals surface area contributed by atoms with Gasteiger partial charge in [-0.3, -0.25) is 4.79 Å². The topological polar surface area (TPSA) is 108 Å². The van der Waals surface area contributed by atoms with E-state index in [1.165, 1.54) is 33.8 Å². The molecule has 0 bridgehead atoms. The van der Waals surface area contributed by atoms with Crippen molar-refractivity contribution in [2.24, 2.45) is 0 Å². The zero-order chi connectivity index (χ0) is 20.8. The molecule has 9 heteroatoms. The minimum Gasteiger partial charge on any atom is -0.493 e. The number of hydrogen-bond donors (Lipinski definition) is 2. The van der Waals surface area contributed by atoms with Crippen LogP contribution in [0.15, 0.2) is 40.1 Å². The van der Waals surface area contributed by atoms with Crippen molar-refractivity contribution in [3.63, 3.8) is 0 Å². The number of carbonyl (C=O) groups excluding carboxylic acids is 1. The van der Waals surface area contributed by atoms with Gasteiger partial charge in [-0.2, -0.15) is 0 Å². The van der Waals surface area contributed by atoms with Crippen LogP contribution in [0.4, 0.5) is 0 Å². The smallest absolute Gasteiger partial charge is 0.230 e. The van der Waals surface area contributed by atoms with E-state index in [1.807, 2.05) is 6.07 Å². The first-order chi connectivity index (χ1) is 14.0. The average Bonchev–Trinajstić information content (AvgIpc) is 3.33. The Morgan fingerprint density at radius 2 is 2.14 bits per heavy atom. The number of rotatable bonds is 9. The summed E-state index contributed by atoms with van der Waals surface area (Å²) in [6, 6.07) is 7.67. The molecule has 0 aliphatic rings. The number of amides is 1. The van der Waals surface area contributed by atoms with Gasteiger partial charge in [0.2, 0.25) is 16.9 Å². The molecule has 0 radical (unpaired) electrons. The second kappa shape index (κ2) is 9.51. The van der Waals surface area contributed by atoms with Gasteiger partial charge in [0.05, 0.1) is 18.6 Å².